The quantitative estimate of drug-likeness (QED) is 0.345. The molecular weight excluding hydrogens is 168 g/mol. The van der Waals surface area contributed by atoms with Crippen molar-refractivity contribution >= 4 is 0 Å². The highest BCUT2D eigenvalue weighted by molar-refractivity contribution is 4.63. The maximum atomic E-state index is 8.11. The van der Waals surface area contributed by atoms with Crippen molar-refractivity contribution in [1.82, 2.24) is 4.90 Å². The van der Waals surface area contributed by atoms with E-state index in [2.05, 4.69) is 28.8 Å². The summed E-state index contributed by atoms with van der Waals surface area (Å²) in [6, 6.07) is 0.462. The zero-order chi connectivity index (χ0) is 10.1. The number of hydrogen-bond donors (Lipinski definition) is 0. The molecular formula is C8H18N4O. The summed E-state index contributed by atoms with van der Waals surface area (Å²) in [4.78, 5) is 4.93. The predicted molar refractivity (Wildman–Crippen MR) is 52.6 cm³/mol. The van der Waals surface area contributed by atoms with Gasteiger partial charge in [-0.15, -0.1) is 0 Å². The van der Waals surface area contributed by atoms with Crippen molar-refractivity contribution in [3.63, 3.8) is 0 Å². The van der Waals surface area contributed by atoms with Crippen LogP contribution in [0.1, 0.15) is 13.8 Å². The molecule has 0 saturated carbocycles. The third-order valence-corrected chi connectivity index (χ3v) is 1.86. The molecule has 0 aliphatic heterocycles. The zero-order valence-electron chi connectivity index (χ0n) is 8.60. The third-order valence-electron chi connectivity index (χ3n) is 1.86. The lowest BCUT2D eigenvalue weighted by Gasteiger charge is -2.25. The molecule has 0 atom stereocenters. The summed E-state index contributed by atoms with van der Waals surface area (Å²) in [5.74, 6) is 0. The van der Waals surface area contributed by atoms with Gasteiger partial charge < -0.3 is 4.74 Å². The van der Waals surface area contributed by atoms with E-state index in [1.54, 1.807) is 7.11 Å². The van der Waals surface area contributed by atoms with Gasteiger partial charge in [0.05, 0.1) is 6.61 Å². The lowest BCUT2D eigenvalue weighted by atomic mass is 10.3. The van der Waals surface area contributed by atoms with Crippen LogP contribution in [0.5, 0.6) is 0 Å². The summed E-state index contributed by atoms with van der Waals surface area (Å²) in [5, 5.41) is 3.50. The molecule has 0 N–H and O–H groups in total. The van der Waals surface area contributed by atoms with Crippen molar-refractivity contribution in [2.24, 2.45) is 5.11 Å². The second kappa shape index (κ2) is 7.86. The van der Waals surface area contributed by atoms with Gasteiger partial charge in [0.1, 0.15) is 0 Å². The predicted octanol–water partition coefficient (Wildman–Crippen LogP) is 1.65. The van der Waals surface area contributed by atoms with E-state index in [0.717, 1.165) is 13.1 Å². The van der Waals surface area contributed by atoms with Crippen LogP contribution in [0.25, 0.3) is 10.4 Å². The van der Waals surface area contributed by atoms with Gasteiger partial charge in [0.2, 0.25) is 0 Å². The van der Waals surface area contributed by atoms with Crippen molar-refractivity contribution in [2.75, 3.05) is 33.4 Å². The number of hydrogen-bond acceptors (Lipinski definition) is 3. The van der Waals surface area contributed by atoms with Crippen LogP contribution in [0, 0.1) is 0 Å². The lowest BCUT2D eigenvalue weighted by molar-refractivity contribution is 0.132. The maximum Gasteiger partial charge on any atom is 0.0589 e. The van der Waals surface area contributed by atoms with Gasteiger partial charge in [-0.1, -0.05) is 5.11 Å². The number of methoxy groups -OCH3 is 1. The minimum Gasteiger partial charge on any atom is -0.383 e. The Labute approximate surface area is 79.3 Å². The van der Waals surface area contributed by atoms with E-state index < -0.39 is 0 Å². The van der Waals surface area contributed by atoms with Gasteiger partial charge in [-0.25, -0.2) is 0 Å². The Kier molecular flexibility index (Phi) is 7.39. The van der Waals surface area contributed by atoms with Crippen LogP contribution < -0.4 is 0 Å². The molecule has 76 valence electrons. The molecule has 0 aromatic rings. The molecule has 0 aliphatic carbocycles. The molecule has 0 aromatic carbocycles. The summed E-state index contributed by atoms with van der Waals surface area (Å²) in [5.41, 5.74) is 8.11. The van der Waals surface area contributed by atoms with Crippen molar-refractivity contribution in [1.29, 1.82) is 0 Å². The minimum atomic E-state index is 0.462. The van der Waals surface area contributed by atoms with Crippen molar-refractivity contribution < 1.29 is 4.74 Å². The lowest BCUT2D eigenvalue weighted by Crippen LogP contribution is -2.35. The average Bonchev–Trinajstić information content (AvgIpc) is 2.10. The van der Waals surface area contributed by atoms with Crippen LogP contribution >= 0.6 is 0 Å². The van der Waals surface area contributed by atoms with Gasteiger partial charge in [0.25, 0.3) is 0 Å². The van der Waals surface area contributed by atoms with E-state index in [4.69, 9.17) is 10.3 Å². The van der Waals surface area contributed by atoms with Crippen molar-refractivity contribution in [3.05, 3.63) is 10.4 Å². The monoisotopic (exact) mass is 186 g/mol. The molecule has 13 heavy (non-hydrogen) atoms. The van der Waals surface area contributed by atoms with E-state index in [0.29, 0.717) is 19.2 Å². The van der Waals surface area contributed by atoms with Crippen LogP contribution in [0.15, 0.2) is 5.11 Å². The zero-order valence-corrected chi connectivity index (χ0v) is 8.60. The first kappa shape index (κ1) is 12.2. The molecule has 0 unspecified atom stereocenters. The van der Waals surface area contributed by atoms with E-state index in [9.17, 15) is 0 Å². The van der Waals surface area contributed by atoms with Crippen molar-refractivity contribution in [2.45, 2.75) is 19.9 Å². The fourth-order valence-electron chi connectivity index (χ4n) is 1.05. The highest BCUT2D eigenvalue weighted by atomic mass is 16.5. The second-order valence-electron chi connectivity index (χ2n) is 3.08. The SMILES string of the molecule is COCCN(CCN=[N+]=[N-])C(C)C. The summed E-state index contributed by atoms with van der Waals surface area (Å²) in [6.45, 7) is 7.16. The third kappa shape index (κ3) is 6.40. The van der Waals surface area contributed by atoms with Crippen LogP contribution in [0.3, 0.4) is 0 Å². The minimum absolute atomic E-state index is 0.462. The van der Waals surface area contributed by atoms with Crippen LogP contribution in [-0.4, -0.2) is 44.3 Å². The fraction of sp³-hybridized carbons (Fsp3) is 1.00. The molecule has 0 aliphatic rings. The molecule has 5 nitrogen and oxygen atoms in total. The van der Waals surface area contributed by atoms with Crippen LogP contribution in [0.2, 0.25) is 0 Å². The summed E-state index contributed by atoms with van der Waals surface area (Å²) >= 11 is 0. The molecule has 0 amide bonds. The maximum absolute atomic E-state index is 8.11. The molecule has 0 aromatic heterocycles. The molecule has 0 fully saturated rings. The van der Waals surface area contributed by atoms with Gasteiger partial charge in [0.15, 0.2) is 0 Å². The van der Waals surface area contributed by atoms with E-state index in [1.165, 1.54) is 0 Å². The first-order valence-electron chi connectivity index (χ1n) is 4.46. The van der Waals surface area contributed by atoms with Crippen molar-refractivity contribution in [3.8, 4) is 0 Å². The fourth-order valence-corrected chi connectivity index (χ4v) is 1.05. The molecule has 0 spiro atoms. The molecule has 0 bridgehead atoms. The van der Waals surface area contributed by atoms with Crippen LogP contribution in [0.4, 0.5) is 0 Å². The second-order valence-corrected chi connectivity index (χ2v) is 3.08. The summed E-state index contributed by atoms with van der Waals surface area (Å²) < 4.78 is 4.98. The molecule has 0 saturated heterocycles. The van der Waals surface area contributed by atoms with Gasteiger partial charge in [-0.05, 0) is 19.4 Å². The normalized spacial score (nSPS) is 10.5. The van der Waals surface area contributed by atoms with E-state index in [1.807, 2.05) is 0 Å². The Balaban J connectivity index is 3.72. The van der Waals surface area contributed by atoms with E-state index >= 15 is 0 Å². The molecule has 5 heteroatoms. The Bertz CT molecular complexity index is 166. The van der Waals surface area contributed by atoms with Crippen LogP contribution in [-0.2, 0) is 4.74 Å². The largest absolute Gasteiger partial charge is 0.383 e. The summed E-state index contributed by atoms with van der Waals surface area (Å²) in [6.07, 6.45) is 0. The average molecular weight is 186 g/mol. The Morgan fingerprint density at radius 1 is 1.46 bits per heavy atom. The van der Waals surface area contributed by atoms with E-state index in [-0.39, 0.29) is 0 Å². The Morgan fingerprint density at radius 2 is 2.15 bits per heavy atom. The number of azide groups is 1. The Hall–Kier alpha value is -0.770. The van der Waals surface area contributed by atoms with Gasteiger partial charge >= 0.3 is 0 Å². The summed E-state index contributed by atoms with van der Waals surface area (Å²) in [7, 11) is 1.69. The number of ether oxygens (including phenoxy) is 1. The van der Waals surface area contributed by atoms with Gasteiger partial charge in [0, 0.05) is 37.7 Å². The number of nitrogens with zero attached hydrogens (tertiary/aromatic N) is 4. The highest BCUT2D eigenvalue weighted by Gasteiger charge is 2.07. The topological polar surface area (TPSA) is 61.2 Å². The first-order chi connectivity index (χ1) is 6.22. The first-order valence-corrected chi connectivity index (χ1v) is 4.46. The smallest absolute Gasteiger partial charge is 0.0589 e. The number of rotatable bonds is 7. The van der Waals surface area contributed by atoms with Gasteiger partial charge in [-0.2, -0.15) is 0 Å². The molecule has 0 radical (unpaired) electrons. The standard InChI is InChI=1S/C8H18N4O/c1-8(2)12(6-7-13-3)5-4-10-11-9/h8H,4-7H2,1-3H3. The molecule has 0 heterocycles. The Morgan fingerprint density at radius 3 is 2.62 bits per heavy atom. The molecule has 0 rings (SSSR count). The van der Waals surface area contributed by atoms with Gasteiger partial charge in [-0.3, -0.25) is 4.90 Å². The highest BCUT2D eigenvalue weighted by Crippen LogP contribution is 1.97.